The van der Waals surface area contributed by atoms with Gasteiger partial charge in [-0.25, -0.2) is 0 Å². The van der Waals surface area contributed by atoms with Gasteiger partial charge in [0, 0.05) is 0 Å². The van der Waals surface area contributed by atoms with Crippen molar-refractivity contribution in [1.82, 2.24) is 0 Å². The van der Waals surface area contributed by atoms with Crippen molar-refractivity contribution in [3.05, 3.63) is 12.2 Å². The van der Waals surface area contributed by atoms with Gasteiger partial charge in [-0.1, -0.05) is 35.4 Å². The van der Waals surface area contributed by atoms with Gasteiger partial charge in [-0.2, -0.15) is 0 Å². The third-order valence-electron chi connectivity index (χ3n) is 2.53. The first-order chi connectivity index (χ1) is 4.96. The fraction of sp³-hybridized carbons (Fsp3) is 0.714. The molecule has 0 amide bonds. The summed E-state index contributed by atoms with van der Waals surface area (Å²) in [5, 5.41) is 0. The Kier molecular flexibility index (Phi) is 1.57. The SMILES string of the molecule is ClC1(Cl)C2(Cl)CC=CCC12Cl. The van der Waals surface area contributed by atoms with E-state index in [0.717, 1.165) is 0 Å². The minimum absolute atomic E-state index is 0.639. The molecule has 0 N–H and O–H groups in total. The molecule has 4 heteroatoms. The second-order valence-electron chi connectivity index (χ2n) is 3.06. The van der Waals surface area contributed by atoms with Gasteiger partial charge in [0.15, 0.2) is 4.33 Å². The standard InChI is InChI=1S/C7H6Cl4/c8-5-3-1-2-4-6(5,9)7(5,10)11/h1-2H,3-4H2. The van der Waals surface area contributed by atoms with Crippen LogP contribution in [0.2, 0.25) is 0 Å². The molecule has 0 aromatic rings. The quantitative estimate of drug-likeness (QED) is 0.443. The van der Waals surface area contributed by atoms with Crippen LogP contribution in [-0.4, -0.2) is 14.1 Å². The van der Waals surface area contributed by atoms with Crippen LogP contribution >= 0.6 is 46.4 Å². The van der Waals surface area contributed by atoms with Crippen LogP contribution in [0, 0.1) is 0 Å². The predicted octanol–water partition coefficient (Wildman–Crippen LogP) is 3.48. The van der Waals surface area contributed by atoms with Gasteiger partial charge in [0.05, 0.1) is 0 Å². The predicted molar refractivity (Wildman–Crippen MR) is 50.0 cm³/mol. The molecule has 0 aromatic carbocycles. The molecule has 62 valence electrons. The van der Waals surface area contributed by atoms with E-state index in [4.69, 9.17) is 46.4 Å². The number of allylic oxidation sites excluding steroid dienone is 2. The zero-order chi connectivity index (χ0) is 8.33. The first-order valence-corrected chi connectivity index (χ1v) is 4.87. The Labute approximate surface area is 85.4 Å². The van der Waals surface area contributed by atoms with Crippen molar-refractivity contribution < 1.29 is 0 Å². The molecule has 0 radical (unpaired) electrons. The van der Waals surface area contributed by atoms with E-state index in [1.807, 2.05) is 12.2 Å². The molecule has 0 aliphatic heterocycles. The van der Waals surface area contributed by atoms with Crippen LogP contribution in [0.5, 0.6) is 0 Å². The van der Waals surface area contributed by atoms with Gasteiger partial charge >= 0.3 is 0 Å². The summed E-state index contributed by atoms with van der Waals surface area (Å²) in [5.41, 5.74) is 0. The molecule has 0 aromatic heterocycles. The van der Waals surface area contributed by atoms with Gasteiger partial charge in [-0.15, -0.1) is 23.2 Å². The largest absolute Gasteiger partial charge is 0.160 e. The summed E-state index contributed by atoms with van der Waals surface area (Å²) in [7, 11) is 0. The van der Waals surface area contributed by atoms with E-state index in [1.165, 1.54) is 0 Å². The lowest BCUT2D eigenvalue weighted by Crippen LogP contribution is -2.15. The Morgan fingerprint density at radius 1 is 0.818 bits per heavy atom. The number of rotatable bonds is 0. The minimum Gasteiger partial charge on any atom is -0.114 e. The second kappa shape index (κ2) is 2.04. The maximum atomic E-state index is 6.13. The lowest BCUT2D eigenvalue weighted by Gasteiger charge is -2.12. The third-order valence-corrected chi connectivity index (χ3v) is 5.82. The first kappa shape index (κ1) is 8.50. The molecule has 11 heavy (non-hydrogen) atoms. The van der Waals surface area contributed by atoms with E-state index in [0.29, 0.717) is 12.8 Å². The van der Waals surface area contributed by atoms with Crippen molar-refractivity contribution in [2.24, 2.45) is 0 Å². The Morgan fingerprint density at radius 3 is 1.45 bits per heavy atom. The molecule has 0 heterocycles. The Hall–Kier alpha value is 0.900. The molecule has 1 fully saturated rings. The van der Waals surface area contributed by atoms with E-state index in [-0.39, 0.29) is 0 Å². The highest BCUT2D eigenvalue weighted by Crippen LogP contribution is 2.76. The van der Waals surface area contributed by atoms with Crippen molar-refractivity contribution in [1.29, 1.82) is 0 Å². The first-order valence-electron chi connectivity index (χ1n) is 3.36. The van der Waals surface area contributed by atoms with E-state index < -0.39 is 14.1 Å². The summed E-state index contributed by atoms with van der Waals surface area (Å²) in [4.78, 5) is -1.28. The van der Waals surface area contributed by atoms with Gasteiger partial charge in [-0.3, -0.25) is 0 Å². The normalized spacial score (nSPS) is 52.0. The minimum atomic E-state index is -0.966. The van der Waals surface area contributed by atoms with Crippen LogP contribution in [-0.2, 0) is 0 Å². The van der Waals surface area contributed by atoms with Crippen molar-refractivity contribution in [3.63, 3.8) is 0 Å². The van der Waals surface area contributed by atoms with E-state index in [1.54, 1.807) is 0 Å². The van der Waals surface area contributed by atoms with Crippen LogP contribution < -0.4 is 0 Å². The Morgan fingerprint density at radius 2 is 1.18 bits per heavy atom. The van der Waals surface area contributed by atoms with Crippen LogP contribution in [0.25, 0.3) is 0 Å². The van der Waals surface area contributed by atoms with Crippen molar-refractivity contribution in [2.45, 2.75) is 26.9 Å². The average molecular weight is 232 g/mol. The molecule has 0 nitrogen and oxygen atoms in total. The second-order valence-corrected chi connectivity index (χ2v) is 5.67. The van der Waals surface area contributed by atoms with Gasteiger partial charge in [0.25, 0.3) is 0 Å². The summed E-state index contributed by atoms with van der Waals surface area (Å²) in [6, 6.07) is 0. The summed E-state index contributed by atoms with van der Waals surface area (Å²) in [6.45, 7) is 0. The third kappa shape index (κ3) is 0.709. The zero-order valence-corrected chi connectivity index (χ0v) is 8.60. The molecule has 2 rings (SSSR count). The maximum absolute atomic E-state index is 6.13. The molecule has 0 spiro atoms. The fourth-order valence-electron chi connectivity index (χ4n) is 1.61. The molecular formula is C7H6Cl4. The number of hydrogen-bond donors (Lipinski definition) is 0. The molecule has 2 atom stereocenters. The molecular weight excluding hydrogens is 226 g/mol. The average Bonchev–Trinajstić information content (AvgIpc) is 2.28. The van der Waals surface area contributed by atoms with Crippen LogP contribution in [0.1, 0.15) is 12.8 Å². The van der Waals surface area contributed by atoms with Gasteiger partial charge in [-0.05, 0) is 12.8 Å². The van der Waals surface area contributed by atoms with Crippen molar-refractivity contribution in [3.8, 4) is 0 Å². The van der Waals surface area contributed by atoms with Gasteiger partial charge < -0.3 is 0 Å². The Balaban J connectivity index is 2.40. The van der Waals surface area contributed by atoms with E-state index >= 15 is 0 Å². The van der Waals surface area contributed by atoms with Crippen LogP contribution in [0.3, 0.4) is 0 Å². The summed E-state index contributed by atoms with van der Waals surface area (Å²) < 4.78 is -0.966. The zero-order valence-electron chi connectivity index (χ0n) is 5.58. The van der Waals surface area contributed by atoms with Crippen LogP contribution in [0.4, 0.5) is 0 Å². The number of hydrogen-bond acceptors (Lipinski definition) is 0. The molecule has 2 unspecified atom stereocenters. The van der Waals surface area contributed by atoms with Crippen molar-refractivity contribution >= 4 is 46.4 Å². The fourth-order valence-corrected chi connectivity index (χ4v) is 3.55. The summed E-state index contributed by atoms with van der Waals surface area (Å²) in [6.07, 6.45) is 5.26. The summed E-state index contributed by atoms with van der Waals surface area (Å²) >= 11 is 24.2. The van der Waals surface area contributed by atoms with Crippen molar-refractivity contribution in [2.75, 3.05) is 0 Å². The molecule has 0 bridgehead atoms. The highest BCUT2D eigenvalue weighted by Gasteiger charge is 2.85. The lowest BCUT2D eigenvalue weighted by atomic mass is 10.1. The monoisotopic (exact) mass is 230 g/mol. The Bertz CT molecular complexity index is 213. The number of halogens is 4. The maximum Gasteiger partial charge on any atom is 0.160 e. The molecule has 2 aliphatic carbocycles. The lowest BCUT2D eigenvalue weighted by molar-refractivity contribution is 0.749. The highest BCUT2D eigenvalue weighted by atomic mass is 35.5. The van der Waals surface area contributed by atoms with E-state index in [2.05, 4.69) is 0 Å². The number of alkyl halides is 4. The smallest absolute Gasteiger partial charge is 0.114 e. The highest BCUT2D eigenvalue weighted by molar-refractivity contribution is 6.66. The molecule has 2 aliphatic rings. The van der Waals surface area contributed by atoms with Crippen LogP contribution in [0.15, 0.2) is 12.2 Å². The molecule has 0 saturated heterocycles. The van der Waals surface area contributed by atoms with E-state index in [9.17, 15) is 0 Å². The van der Waals surface area contributed by atoms with Gasteiger partial charge in [0.2, 0.25) is 0 Å². The summed E-state index contributed by atoms with van der Waals surface area (Å²) in [5.74, 6) is 0. The topological polar surface area (TPSA) is 0 Å². The molecule has 1 saturated carbocycles. The number of fused-ring (bicyclic) bond motifs is 1. The van der Waals surface area contributed by atoms with Gasteiger partial charge in [0.1, 0.15) is 9.75 Å².